The third-order valence-corrected chi connectivity index (χ3v) is 5.33. The van der Waals surface area contributed by atoms with Crippen molar-refractivity contribution in [2.75, 3.05) is 18.4 Å². The summed E-state index contributed by atoms with van der Waals surface area (Å²) in [5, 5.41) is 15.3. The van der Waals surface area contributed by atoms with Gasteiger partial charge in [0.1, 0.15) is 17.3 Å². The van der Waals surface area contributed by atoms with Crippen molar-refractivity contribution in [2.24, 2.45) is 4.99 Å². The van der Waals surface area contributed by atoms with Gasteiger partial charge < -0.3 is 15.6 Å². The van der Waals surface area contributed by atoms with Gasteiger partial charge in [-0.1, -0.05) is 37.6 Å². The number of hydrogen-bond acceptors (Lipinski definition) is 4. The van der Waals surface area contributed by atoms with Crippen molar-refractivity contribution in [3.8, 4) is 0 Å². The largest absolute Gasteiger partial charge is 0.384 e. The number of aromatic amines is 1. The number of imidazole rings is 1. The maximum atomic E-state index is 13.1. The monoisotopic (exact) mass is 508 g/mol. The number of hydrogen-bond donors (Lipinski definition) is 4. The molecule has 0 spiro atoms. The standard InChI is InChI=1S/C23H31Cl2FN6.C2H4/c1-4-5-11-28-16(3)21-22(32-23(25)31-21)29-12-7-6-8-15(2)30-20(27)13-17-9-10-18(26)14-19(17)24;1-2/h9-10,14,27-29H,3-8,11-13H2,1-2H3,(H,31,32);1-2H2. The second kappa shape index (κ2) is 16.1. The van der Waals surface area contributed by atoms with Crippen molar-refractivity contribution in [3.05, 3.63) is 65.3 Å². The Morgan fingerprint density at radius 1 is 1.21 bits per heavy atom. The van der Waals surface area contributed by atoms with E-state index in [9.17, 15) is 4.39 Å². The second-order valence-electron chi connectivity index (χ2n) is 7.60. The number of amidine groups is 1. The highest BCUT2D eigenvalue weighted by atomic mass is 35.5. The summed E-state index contributed by atoms with van der Waals surface area (Å²) in [6.07, 6.45) is 5.05. The van der Waals surface area contributed by atoms with Crippen LogP contribution in [0, 0.1) is 11.2 Å². The summed E-state index contributed by atoms with van der Waals surface area (Å²) in [5.41, 5.74) is 3.11. The molecule has 0 bridgehead atoms. The van der Waals surface area contributed by atoms with E-state index in [2.05, 4.69) is 52.3 Å². The topological polar surface area (TPSA) is 88.9 Å². The molecule has 0 aliphatic heterocycles. The molecule has 0 amide bonds. The predicted molar refractivity (Wildman–Crippen MR) is 145 cm³/mol. The van der Waals surface area contributed by atoms with Gasteiger partial charge in [0.15, 0.2) is 5.82 Å². The minimum atomic E-state index is -0.389. The minimum absolute atomic E-state index is 0.207. The summed E-state index contributed by atoms with van der Waals surface area (Å²) < 4.78 is 13.1. The lowest BCUT2D eigenvalue weighted by Crippen LogP contribution is -2.14. The molecule has 2 rings (SSSR count). The van der Waals surface area contributed by atoms with Crippen LogP contribution in [0.3, 0.4) is 0 Å². The van der Waals surface area contributed by atoms with Crippen LogP contribution >= 0.6 is 23.2 Å². The lowest BCUT2D eigenvalue weighted by atomic mass is 10.1. The van der Waals surface area contributed by atoms with Crippen LogP contribution in [0.4, 0.5) is 10.2 Å². The van der Waals surface area contributed by atoms with E-state index in [1.807, 2.05) is 6.92 Å². The van der Waals surface area contributed by atoms with Crippen LogP contribution in [-0.4, -0.2) is 34.6 Å². The summed E-state index contributed by atoms with van der Waals surface area (Å²) in [6.45, 7) is 15.7. The molecule has 1 heterocycles. The summed E-state index contributed by atoms with van der Waals surface area (Å²) >= 11 is 12.1. The molecule has 0 radical (unpaired) electrons. The van der Waals surface area contributed by atoms with E-state index in [-0.39, 0.29) is 18.1 Å². The van der Waals surface area contributed by atoms with Gasteiger partial charge in [0.05, 0.1) is 5.70 Å². The summed E-state index contributed by atoms with van der Waals surface area (Å²) in [6, 6.07) is 4.18. The molecule has 1 aromatic carbocycles. The molecule has 186 valence electrons. The molecule has 0 unspecified atom stereocenters. The Bertz CT molecular complexity index is 970. The van der Waals surface area contributed by atoms with Crippen LogP contribution in [-0.2, 0) is 6.42 Å². The van der Waals surface area contributed by atoms with Gasteiger partial charge in [-0.05, 0) is 61.9 Å². The maximum absolute atomic E-state index is 13.1. The Balaban J connectivity index is 0.00000281. The molecule has 1 aromatic heterocycles. The van der Waals surface area contributed by atoms with Crippen LogP contribution in [0.15, 0.2) is 42.9 Å². The zero-order valence-corrected chi connectivity index (χ0v) is 21.6. The Morgan fingerprint density at radius 2 is 1.94 bits per heavy atom. The highest BCUT2D eigenvalue weighted by Crippen LogP contribution is 2.21. The normalized spacial score (nSPS) is 10.9. The SMILES string of the molecule is C=C.C=C(NCCCC)c1[nH]c(Cl)nc1NCCCCC(C)=NC(=N)Cc1ccc(F)cc1Cl. The van der Waals surface area contributed by atoms with Crippen LogP contribution in [0.5, 0.6) is 0 Å². The Hall–Kier alpha value is -2.64. The van der Waals surface area contributed by atoms with E-state index in [1.54, 1.807) is 6.07 Å². The number of unbranched alkanes of at least 4 members (excludes halogenated alkanes) is 2. The molecule has 0 saturated carbocycles. The summed E-state index contributed by atoms with van der Waals surface area (Å²) in [5.74, 6) is 0.506. The van der Waals surface area contributed by atoms with Crippen LogP contribution in [0.2, 0.25) is 10.3 Å². The van der Waals surface area contributed by atoms with Gasteiger partial charge in [-0.25, -0.2) is 14.4 Å². The zero-order chi connectivity index (χ0) is 25.5. The van der Waals surface area contributed by atoms with Crippen LogP contribution in [0.1, 0.15) is 57.2 Å². The first-order valence-corrected chi connectivity index (χ1v) is 12.0. The molecule has 0 aliphatic rings. The average Bonchev–Trinajstić information content (AvgIpc) is 3.17. The molecule has 4 N–H and O–H groups in total. The minimum Gasteiger partial charge on any atom is -0.384 e. The van der Waals surface area contributed by atoms with Crippen molar-refractivity contribution in [3.63, 3.8) is 0 Å². The van der Waals surface area contributed by atoms with E-state index in [4.69, 9.17) is 28.6 Å². The van der Waals surface area contributed by atoms with Crippen molar-refractivity contribution in [1.82, 2.24) is 15.3 Å². The first-order chi connectivity index (χ1) is 16.3. The van der Waals surface area contributed by atoms with E-state index in [0.29, 0.717) is 21.7 Å². The molecule has 0 aliphatic carbocycles. The van der Waals surface area contributed by atoms with Gasteiger partial charge in [0.2, 0.25) is 5.28 Å². The number of nitrogens with one attached hydrogen (secondary N) is 4. The fourth-order valence-corrected chi connectivity index (χ4v) is 3.49. The number of anilines is 1. The number of rotatable bonds is 13. The first-order valence-electron chi connectivity index (χ1n) is 11.3. The Morgan fingerprint density at radius 3 is 2.62 bits per heavy atom. The fourth-order valence-electron chi connectivity index (χ4n) is 3.08. The number of H-pyrrole nitrogens is 1. The number of benzene rings is 1. The van der Waals surface area contributed by atoms with E-state index in [1.165, 1.54) is 12.1 Å². The van der Waals surface area contributed by atoms with Gasteiger partial charge >= 0.3 is 0 Å². The summed E-state index contributed by atoms with van der Waals surface area (Å²) in [4.78, 5) is 11.7. The smallest absolute Gasteiger partial charge is 0.202 e. The van der Waals surface area contributed by atoms with Crippen molar-refractivity contribution < 1.29 is 4.39 Å². The maximum Gasteiger partial charge on any atom is 0.202 e. The van der Waals surface area contributed by atoms with Crippen LogP contribution < -0.4 is 10.6 Å². The third kappa shape index (κ3) is 10.5. The molecule has 0 saturated heterocycles. The fraction of sp³-hybridized carbons (Fsp3) is 0.400. The Kier molecular flexibility index (Phi) is 13.9. The molecule has 34 heavy (non-hydrogen) atoms. The van der Waals surface area contributed by atoms with Crippen molar-refractivity contribution in [1.29, 1.82) is 5.41 Å². The van der Waals surface area contributed by atoms with E-state index in [0.717, 1.165) is 62.3 Å². The highest BCUT2D eigenvalue weighted by molar-refractivity contribution is 6.31. The van der Waals surface area contributed by atoms with Crippen molar-refractivity contribution in [2.45, 2.75) is 52.4 Å². The van der Waals surface area contributed by atoms with E-state index < -0.39 is 0 Å². The molecule has 6 nitrogen and oxygen atoms in total. The molecule has 0 atom stereocenters. The average molecular weight is 510 g/mol. The number of nitrogens with zero attached hydrogens (tertiary/aromatic N) is 2. The zero-order valence-electron chi connectivity index (χ0n) is 20.0. The number of halogens is 3. The Labute approximate surface area is 212 Å². The molecule has 0 fully saturated rings. The molecular weight excluding hydrogens is 474 g/mol. The molecule has 2 aromatic rings. The second-order valence-corrected chi connectivity index (χ2v) is 8.37. The van der Waals surface area contributed by atoms with Gasteiger partial charge in [-0.2, -0.15) is 0 Å². The van der Waals surface area contributed by atoms with Gasteiger partial charge in [0.25, 0.3) is 0 Å². The lowest BCUT2D eigenvalue weighted by Gasteiger charge is -2.10. The highest BCUT2D eigenvalue weighted by Gasteiger charge is 2.12. The quantitative estimate of drug-likeness (QED) is 0.0990. The third-order valence-electron chi connectivity index (χ3n) is 4.80. The van der Waals surface area contributed by atoms with Gasteiger partial charge in [0, 0.05) is 30.2 Å². The van der Waals surface area contributed by atoms with Crippen LogP contribution in [0.25, 0.3) is 5.70 Å². The summed E-state index contributed by atoms with van der Waals surface area (Å²) in [7, 11) is 0. The van der Waals surface area contributed by atoms with Crippen molar-refractivity contribution >= 4 is 46.3 Å². The van der Waals surface area contributed by atoms with Gasteiger partial charge in [-0.15, -0.1) is 13.2 Å². The molecular formula is C25H35Cl2FN6. The number of aliphatic imine (C=N–C) groups is 1. The predicted octanol–water partition coefficient (Wildman–Crippen LogP) is 7.28. The first kappa shape index (κ1) is 29.4. The molecule has 9 heteroatoms. The number of aromatic nitrogens is 2. The van der Waals surface area contributed by atoms with Gasteiger partial charge in [-0.3, -0.25) is 5.41 Å². The lowest BCUT2D eigenvalue weighted by molar-refractivity contribution is 0.627. The van der Waals surface area contributed by atoms with E-state index >= 15 is 0 Å².